The summed E-state index contributed by atoms with van der Waals surface area (Å²) >= 11 is 0. The molecular formula is C27H24N2O6. The molecule has 8 heteroatoms. The molecule has 3 aromatic carbocycles. The summed E-state index contributed by atoms with van der Waals surface area (Å²) in [5, 5.41) is 7.01. The van der Waals surface area contributed by atoms with Gasteiger partial charge in [0.2, 0.25) is 11.6 Å². The van der Waals surface area contributed by atoms with Crippen molar-refractivity contribution in [3.8, 4) is 0 Å². The zero-order valence-electron chi connectivity index (χ0n) is 19.5. The van der Waals surface area contributed by atoms with Crippen LogP contribution in [0.4, 0.5) is 0 Å². The normalized spacial score (nSPS) is 10.9. The van der Waals surface area contributed by atoms with Crippen LogP contribution in [0.15, 0.2) is 101 Å². The van der Waals surface area contributed by atoms with Gasteiger partial charge in [0.15, 0.2) is 0 Å². The van der Waals surface area contributed by atoms with Crippen LogP contribution in [-0.4, -0.2) is 34.9 Å². The second-order valence-corrected chi connectivity index (χ2v) is 7.07. The fourth-order valence-corrected chi connectivity index (χ4v) is 2.55. The van der Waals surface area contributed by atoms with Crippen LogP contribution in [0.2, 0.25) is 0 Å². The molecule has 0 saturated heterocycles. The van der Waals surface area contributed by atoms with Gasteiger partial charge in [0.05, 0.1) is 5.56 Å². The lowest BCUT2D eigenvalue weighted by atomic mass is 10.1. The average Bonchev–Trinajstić information content (AvgIpc) is 2.91. The highest BCUT2D eigenvalue weighted by Crippen LogP contribution is 2.05. The Kier molecular flexibility index (Phi) is 10.4. The fourth-order valence-electron chi connectivity index (χ4n) is 2.55. The first-order chi connectivity index (χ1) is 16.8. The molecule has 0 heterocycles. The van der Waals surface area contributed by atoms with Gasteiger partial charge in [-0.05, 0) is 26.0 Å². The van der Waals surface area contributed by atoms with Gasteiger partial charge in [0.25, 0.3) is 0 Å². The molecule has 0 saturated carbocycles. The zero-order chi connectivity index (χ0) is 25.6. The van der Waals surface area contributed by atoms with Gasteiger partial charge in [-0.3, -0.25) is 9.59 Å². The maximum atomic E-state index is 12.0. The molecule has 0 atom stereocenters. The van der Waals surface area contributed by atoms with Crippen molar-refractivity contribution in [1.82, 2.24) is 0 Å². The monoisotopic (exact) mass is 472 g/mol. The van der Waals surface area contributed by atoms with E-state index in [9.17, 15) is 19.2 Å². The number of ketones is 2. The van der Waals surface area contributed by atoms with Gasteiger partial charge in [-0.1, -0.05) is 89.2 Å². The van der Waals surface area contributed by atoms with E-state index >= 15 is 0 Å². The molecule has 3 rings (SSSR count). The van der Waals surface area contributed by atoms with E-state index in [1.807, 2.05) is 12.1 Å². The Morgan fingerprint density at radius 1 is 0.514 bits per heavy atom. The number of benzene rings is 3. The fraction of sp³-hybridized carbons (Fsp3) is 0.111. The van der Waals surface area contributed by atoms with Crippen molar-refractivity contribution >= 4 is 34.9 Å². The van der Waals surface area contributed by atoms with E-state index in [4.69, 9.17) is 4.84 Å². The summed E-state index contributed by atoms with van der Waals surface area (Å²) in [7, 11) is 0. The molecule has 0 spiro atoms. The quantitative estimate of drug-likeness (QED) is 0.209. The van der Waals surface area contributed by atoms with Gasteiger partial charge in [-0.15, -0.1) is 0 Å². The summed E-state index contributed by atoms with van der Waals surface area (Å²) < 4.78 is 0. The van der Waals surface area contributed by atoms with Crippen molar-refractivity contribution < 1.29 is 28.9 Å². The third-order valence-corrected chi connectivity index (χ3v) is 4.32. The number of carbonyl (C=O) groups is 4. The third kappa shape index (κ3) is 8.97. The second-order valence-electron chi connectivity index (χ2n) is 7.07. The molecule has 0 unspecified atom stereocenters. The number of hydrogen-bond acceptors (Lipinski definition) is 8. The van der Waals surface area contributed by atoms with E-state index in [-0.39, 0.29) is 23.0 Å². The van der Waals surface area contributed by atoms with Crippen LogP contribution in [0.25, 0.3) is 0 Å². The standard InChI is InChI=1S/C16H13NO3.C11H11NO3/c1-12(15(18)13-8-4-2-5-9-13)17-20-16(19)14-10-6-3-7-11-14;1-8(12-15-9(2)13)11(14)10-6-4-3-5-7-10/h2-11H,1H3;3-7H,1-2H3. The molecule has 0 aliphatic carbocycles. The van der Waals surface area contributed by atoms with E-state index in [1.165, 1.54) is 20.8 Å². The van der Waals surface area contributed by atoms with Gasteiger partial charge in [-0.2, -0.15) is 0 Å². The van der Waals surface area contributed by atoms with Crippen molar-refractivity contribution in [2.75, 3.05) is 0 Å². The summed E-state index contributed by atoms with van der Waals surface area (Å²) in [5.41, 5.74) is 1.68. The highest BCUT2D eigenvalue weighted by atomic mass is 16.7. The van der Waals surface area contributed by atoms with Gasteiger partial charge < -0.3 is 9.68 Å². The van der Waals surface area contributed by atoms with E-state index in [0.717, 1.165) is 0 Å². The number of nitrogens with zero attached hydrogens (tertiary/aromatic N) is 2. The van der Waals surface area contributed by atoms with Crippen LogP contribution in [0.1, 0.15) is 51.8 Å². The Morgan fingerprint density at radius 3 is 1.23 bits per heavy atom. The lowest BCUT2D eigenvalue weighted by Crippen LogP contribution is -2.12. The molecule has 0 bridgehead atoms. The van der Waals surface area contributed by atoms with Crippen LogP contribution in [0.3, 0.4) is 0 Å². The Labute approximate surface area is 202 Å². The SMILES string of the molecule is CC(=NOC(=O)c1ccccc1)C(=O)c1ccccc1.CC(=O)ON=C(C)C(=O)c1ccccc1. The van der Waals surface area contributed by atoms with E-state index in [1.54, 1.807) is 78.9 Å². The summed E-state index contributed by atoms with van der Waals surface area (Å²) in [4.78, 5) is 54.9. The Morgan fingerprint density at radius 2 is 0.857 bits per heavy atom. The van der Waals surface area contributed by atoms with E-state index in [0.29, 0.717) is 16.7 Å². The number of Topliss-reactive ketones (excluding diaryl/α,β-unsaturated/α-hetero) is 2. The lowest BCUT2D eigenvalue weighted by molar-refractivity contribution is -0.140. The first-order valence-electron chi connectivity index (χ1n) is 10.5. The Balaban J connectivity index is 0.000000258. The van der Waals surface area contributed by atoms with Crippen LogP contribution in [0, 0.1) is 0 Å². The largest absolute Gasteiger partial charge is 0.365 e. The minimum atomic E-state index is -0.592. The maximum Gasteiger partial charge on any atom is 0.365 e. The highest BCUT2D eigenvalue weighted by molar-refractivity contribution is 6.45. The van der Waals surface area contributed by atoms with Gasteiger partial charge in [0, 0.05) is 18.1 Å². The number of rotatable bonds is 7. The third-order valence-electron chi connectivity index (χ3n) is 4.32. The number of oxime groups is 2. The van der Waals surface area contributed by atoms with Crippen LogP contribution in [0.5, 0.6) is 0 Å². The van der Waals surface area contributed by atoms with E-state index in [2.05, 4.69) is 15.1 Å². The molecule has 0 aromatic heterocycles. The predicted molar refractivity (Wildman–Crippen MR) is 131 cm³/mol. The smallest absolute Gasteiger partial charge is 0.318 e. The highest BCUT2D eigenvalue weighted by Gasteiger charge is 2.12. The average molecular weight is 472 g/mol. The molecule has 0 radical (unpaired) electrons. The molecule has 0 fully saturated rings. The summed E-state index contributed by atoms with van der Waals surface area (Å²) in [6.45, 7) is 4.23. The second kappa shape index (κ2) is 13.7. The minimum absolute atomic E-state index is 0.125. The number of hydrogen-bond donors (Lipinski definition) is 0. The Hall–Kier alpha value is -4.72. The van der Waals surface area contributed by atoms with Crippen molar-refractivity contribution in [3.05, 3.63) is 108 Å². The zero-order valence-corrected chi connectivity index (χ0v) is 19.5. The molecule has 8 nitrogen and oxygen atoms in total. The van der Waals surface area contributed by atoms with Crippen molar-refractivity contribution in [3.63, 3.8) is 0 Å². The summed E-state index contributed by atoms with van der Waals surface area (Å²) in [5.74, 6) is -1.66. The molecule has 0 N–H and O–H groups in total. The van der Waals surface area contributed by atoms with Gasteiger partial charge >= 0.3 is 11.9 Å². The summed E-state index contributed by atoms with van der Waals surface area (Å²) in [6, 6.07) is 25.9. The Bertz CT molecular complexity index is 1220. The van der Waals surface area contributed by atoms with Gasteiger partial charge in [0.1, 0.15) is 11.4 Å². The topological polar surface area (TPSA) is 111 Å². The molecule has 35 heavy (non-hydrogen) atoms. The van der Waals surface area contributed by atoms with E-state index < -0.39 is 11.9 Å². The minimum Gasteiger partial charge on any atom is -0.318 e. The lowest BCUT2D eigenvalue weighted by Gasteiger charge is -2.01. The summed E-state index contributed by atoms with van der Waals surface area (Å²) in [6.07, 6.45) is 0. The molecule has 178 valence electrons. The predicted octanol–water partition coefficient (Wildman–Crippen LogP) is 4.91. The first kappa shape index (κ1) is 26.5. The van der Waals surface area contributed by atoms with Crippen LogP contribution < -0.4 is 0 Å². The first-order valence-corrected chi connectivity index (χ1v) is 10.5. The van der Waals surface area contributed by atoms with Gasteiger partial charge in [-0.25, -0.2) is 9.59 Å². The molecule has 3 aromatic rings. The van der Waals surface area contributed by atoms with Crippen LogP contribution >= 0.6 is 0 Å². The molecule has 0 aliphatic heterocycles. The molecule has 0 amide bonds. The number of carbonyl (C=O) groups excluding carboxylic acids is 4. The van der Waals surface area contributed by atoms with Crippen molar-refractivity contribution in [1.29, 1.82) is 0 Å². The molecular weight excluding hydrogens is 448 g/mol. The van der Waals surface area contributed by atoms with Crippen LogP contribution in [-0.2, 0) is 14.5 Å². The van der Waals surface area contributed by atoms with Crippen molar-refractivity contribution in [2.45, 2.75) is 20.8 Å². The maximum absolute atomic E-state index is 12.0. The molecule has 0 aliphatic rings. The van der Waals surface area contributed by atoms with Crippen molar-refractivity contribution in [2.24, 2.45) is 10.3 Å².